The minimum Gasteiger partial charge on any atom is -0.456 e. The van der Waals surface area contributed by atoms with Gasteiger partial charge in [0.2, 0.25) is 0 Å². The van der Waals surface area contributed by atoms with Crippen molar-refractivity contribution in [1.82, 2.24) is 0 Å². The minimum atomic E-state index is -0.343. The van der Waals surface area contributed by atoms with Crippen molar-refractivity contribution >= 4 is 11.7 Å². The van der Waals surface area contributed by atoms with Crippen molar-refractivity contribution in [3.05, 3.63) is 29.8 Å². The molecule has 1 fully saturated rings. The van der Waals surface area contributed by atoms with E-state index in [4.69, 9.17) is 10.5 Å². The first-order chi connectivity index (χ1) is 9.41. The Morgan fingerprint density at radius 2 is 1.90 bits per heavy atom. The Hall–Kier alpha value is -1.51. The molecule has 0 unspecified atom stereocenters. The molecule has 0 amide bonds. The van der Waals surface area contributed by atoms with Crippen LogP contribution in [0.25, 0.3) is 0 Å². The highest BCUT2D eigenvalue weighted by Gasteiger charge is 2.35. The van der Waals surface area contributed by atoms with E-state index in [2.05, 4.69) is 13.8 Å². The number of anilines is 1. The Labute approximate surface area is 121 Å². The molecule has 1 saturated carbocycles. The average molecular weight is 275 g/mol. The highest BCUT2D eigenvalue weighted by molar-refractivity contribution is 5.95. The lowest BCUT2D eigenvalue weighted by Crippen LogP contribution is -2.37. The fraction of sp³-hybridized carbons (Fsp3) is 0.588. The summed E-state index contributed by atoms with van der Waals surface area (Å²) in [6, 6.07) is 7.09. The maximum absolute atomic E-state index is 12.3. The highest BCUT2D eigenvalue weighted by atomic mass is 16.6. The van der Waals surface area contributed by atoms with Gasteiger partial charge in [0.05, 0.1) is 5.56 Å². The molecule has 1 aromatic carbocycles. The molecule has 1 aliphatic rings. The number of hydrogen-bond acceptors (Lipinski definition) is 3. The van der Waals surface area contributed by atoms with Crippen molar-refractivity contribution in [1.29, 1.82) is 0 Å². The summed E-state index contributed by atoms with van der Waals surface area (Å²) in [6.45, 7) is 6.58. The van der Waals surface area contributed by atoms with Gasteiger partial charge in [-0.15, -0.1) is 0 Å². The lowest BCUT2D eigenvalue weighted by Gasteiger charge is -2.38. The number of benzene rings is 1. The van der Waals surface area contributed by atoms with Crippen LogP contribution in [0.5, 0.6) is 0 Å². The molecule has 1 aromatic rings. The maximum Gasteiger partial charge on any atom is 0.340 e. The zero-order valence-electron chi connectivity index (χ0n) is 12.7. The molecule has 0 aliphatic heterocycles. The predicted molar refractivity (Wildman–Crippen MR) is 81.5 cm³/mol. The van der Waals surface area contributed by atoms with Gasteiger partial charge in [-0.3, -0.25) is 0 Å². The molecule has 0 atom stereocenters. The summed E-state index contributed by atoms with van der Waals surface area (Å²) in [5.41, 5.74) is 6.44. The van der Waals surface area contributed by atoms with Crippen molar-refractivity contribution in [3.63, 3.8) is 0 Å². The number of carbonyl (C=O) groups excluding carboxylic acids is 1. The van der Waals surface area contributed by atoms with Crippen LogP contribution >= 0.6 is 0 Å². The SMILES string of the molecule is CC(C)C1CCC(C)(OC(=O)c2ccccc2N)CC1. The second-order valence-corrected chi connectivity index (χ2v) is 6.51. The highest BCUT2D eigenvalue weighted by Crippen LogP contribution is 2.38. The third kappa shape index (κ3) is 3.33. The molecule has 3 heteroatoms. The molecule has 2 rings (SSSR count). The maximum atomic E-state index is 12.3. The van der Waals surface area contributed by atoms with Crippen molar-refractivity contribution in [3.8, 4) is 0 Å². The molecule has 0 radical (unpaired) electrons. The van der Waals surface area contributed by atoms with E-state index < -0.39 is 0 Å². The molecule has 1 aliphatic carbocycles. The number of esters is 1. The summed E-state index contributed by atoms with van der Waals surface area (Å²) in [6.07, 6.45) is 4.14. The normalized spacial score (nSPS) is 26.5. The molecule has 20 heavy (non-hydrogen) atoms. The van der Waals surface area contributed by atoms with E-state index in [1.807, 2.05) is 19.1 Å². The number of carbonyl (C=O) groups is 1. The number of nitrogens with two attached hydrogens (primary N) is 1. The van der Waals surface area contributed by atoms with E-state index in [0.29, 0.717) is 17.2 Å². The fourth-order valence-corrected chi connectivity index (χ4v) is 2.98. The van der Waals surface area contributed by atoms with E-state index in [0.717, 1.165) is 31.6 Å². The Morgan fingerprint density at radius 1 is 1.30 bits per heavy atom. The van der Waals surface area contributed by atoms with Gasteiger partial charge in [-0.05, 0) is 56.6 Å². The van der Waals surface area contributed by atoms with Crippen molar-refractivity contribution in [2.45, 2.75) is 52.1 Å². The number of hydrogen-bond donors (Lipinski definition) is 1. The summed E-state index contributed by atoms with van der Waals surface area (Å²) < 4.78 is 5.75. The molecule has 0 aromatic heterocycles. The first kappa shape index (κ1) is 14.9. The zero-order valence-corrected chi connectivity index (χ0v) is 12.7. The van der Waals surface area contributed by atoms with Crippen LogP contribution < -0.4 is 5.73 Å². The van der Waals surface area contributed by atoms with Gasteiger partial charge in [0.25, 0.3) is 0 Å². The monoisotopic (exact) mass is 275 g/mol. The second kappa shape index (κ2) is 5.86. The minimum absolute atomic E-state index is 0.298. The van der Waals surface area contributed by atoms with Crippen LogP contribution in [0.15, 0.2) is 24.3 Å². The number of para-hydroxylation sites is 1. The summed E-state index contributed by atoms with van der Waals surface area (Å²) in [5.74, 6) is 1.16. The first-order valence-corrected chi connectivity index (χ1v) is 7.49. The lowest BCUT2D eigenvalue weighted by atomic mass is 9.75. The van der Waals surface area contributed by atoms with Crippen LogP contribution in [0.4, 0.5) is 5.69 Å². The molecule has 0 saturated heterocycles. The Kier molecular flexibility index (Phi) is 4.36. The standard InChI is InChI=1S/C17H25NO2/c1-12(2)13-8-10-17(3,11-9-13)20-16(19)14-6-4-5-7-15(14)18/h4-7,12-13H,8-11,18H2,1-3H3. The van der Waals surface area contributed by atoms with Gasteiger partial charge < -0.3 is 10.5 Å². The topological polar surface area (TPSA) is 52.3 Å². The van der Waals surface area contributed by atoms with E-state index in [1.54, 1.807) is 12.1 Å². The summed E-state index contributed by atoms with van der Waals surface area (Å²) in [7, 11) is 0. The lowest BCUT2D eigenvalue weighted by molar-refractivity contribution is -0.0370. The van der Waals surface area contributed by atoms with Gasteiger partial charge in [-0.2, -0.15) is 0 Å². The quantitative estimate of drug-likeness (QED) is 0.669. The van der Waals surface area contributed by atoms with Crippen molar-refractivity contribution in [2.75, 3.05) is 5.73 Å². The molecule has 110 valence electrons. The van der Waals surface area contributed by atoms with E-state index in [1.165, 1.54) is 0 Å². The third-order valence-electron chi connectivity index (χ3n) is 4.55. The molecule has 2 N–H and O–H groups in total. The number of rotatable bonds is 3. The second-order valence-electron chi connectivity index (χ2n) is 6.51. The van der Waals surface area contributed by atoms with Crippen LogP contribution in [0.1, 0.15) is 56.8 Å². The smallest absolute Gasteiger partial charge is 0.340 e. The average Bonchev–Trinajstić information content (AvgIpc) is 2.39. The van der Waals surface area contributed by atoms with Gasteiger partial charge in [0.1, 0.15) is 5.60 Å². The van der Waals surface area contributed by atoms with Crippen LogP contribution in [-0.2, 0) is 4.74 Å². The Balaban J connectivity index is 2.00. The van der Waals surface area contributed by atoms with Crippen LogP contribution in [0.2, 0.25) is 0 Å². The Bertz CT molecular complexity index is 474. The summed E-state index contributed by atoms with van der Waals surface area (Å²) >= 11 is 0. The molecule has 3 nitrogen and oxygen atoms in total. The van der Waals surface area contributed by atoms with Crippen molar-refractivity contribution in [2.24, 2.45) is 11.8 Å². The van der Waals surface area contributed by atoms with Crippen molar-refractivity contribution < 1.29 is 9.53 Å². The van der Waals surface area contributed by atoms with Crippen LogP contribution in [0.3, 0.4) is 0 Å². The Morgan fingerprint density at radius 3 is 2.45 bits per heavy atom. The van der Waals surface area contributed by atoms with Gasteiger partial charge in [-0.1, -0.05) is 26.0 Å². The van der Waals surface area contributed by atoms with Gasteiger partial charge >= 0.3 is 5.97 Å². The number of nitrogen functional groups attached to an aromatic ring is 1. The third-order valence-corrected chi connectivity index (χ3v) is 4.55. The molecule has 0 spiro atoms. The predicted octanol–water partition coefficient (Wildman–Crippen LogP) is 4.03. The molecular formula is C17H25NO2. The van der Waals surface area contributed by atoms with Gasteiger partial charge in [0, 0.05) is 5.69 Å². The first-order valence-electron chi connectivity index (χ1n) is 7.49. The van der Waals surface area contributed by atoms with Gasteiger partial charge in [-0.25, -0.2) is 4.79 Å². The summed E-state index contributed by atoms with van der Waals surface area (Å²) in [5, 5.41) is 0. The van der Waals surface area contributed by atoms with E-state index >= 15 is 0 Å². The molecular weight excluding hydrogens is 250 g/mol. The van der Waals surface area contributed by atoms with E-state index in [-0.39, 0.29) is 11.6 Å². The summed E-state index contributed by atoms with van der Waals surface area (Å²) in [4.78, 5) is 12.3. The fourth-order valence-electron chi connectivity index (χ4n) is 2.98. The van der Waals surface area contributed by atoms with Crippen LogP contribution in [0, 0.1) is 11.8 Å². The molecule has 0 heterocycles. The van der Waals surface area contributed by atoms with Crippen LogP contribution in [-0.4, -0.2) is 11.6 Å². The zero-order chi connectivity index (χ0) is 14.8. The largest absolute Gasteiger partial charge is 0.456 e. The van der Waals surface area contributed by atoms with Gasteiger partial charge in [0.15, 0.2) is 0 Å². The van der Waals surface area contributed by atoms with E-state index in [9.17, 15) is 4.79 Å². The number of ether oxygens (including phenoxy) is 1. The molecule has 0 bridgehead atoms.